The molecule has 182 valence electrons. The molecule has 4 aliphatic rings. The van der Waals surface area contributed by atoms with Gasteiger partial charge in [-0.2, -0.15) is 0 Å². The molecule has 0 aliphatic carbocycles. The molecule has 2 amide bonds. The number of aliphatic carboxylic acids is 1. The number of fused-ring (bicyclic) bond motifs is 1. The van der Waals surface area contributed by atoms with Crippen LogP contribution < -0.4 is 11.1 Å². The van der Waals surface area contributed by atoms with Crippen LogP contribution in [0.15, 0.2) is 10.6 Å². The van der Waals surface area contributed by atoms with Crippen molar-refractivity contribution in [3.05, 3.63) is 10.6 Å². The summed E-state index contributed by atoms with van der Waals surface area (Å²) in [7, 11) is 0. The van der Waals surface area contributed by atoms with Gasteiger partial charge >= 0.3 is 5.97 Å². The number of likely N-dealkylation sites (tertiary alicyclic amines) is 1. The number of nitrogens with zero attached hydrogens (tertiary/aromatic N) is 2. The highest BCUT2D eigenvalue weighted by molar-refractivity contribution is 8.03. The molecule has 4 rings (SSSR count). The van der Waals surface area contributed by atoms with E-state index in [1.54, 1.807) is 0 Å². The number of carboxylic acids is 1. The zero-order valence-electron chi connectivity index (χ0n) is 19.5. The third kappa shape index (κ3) is 4.44. The highest BCUT2D eigenvalue weighted by atomic mass is 32.2. The molecule has 0 radical (unpaired) electrons. The Bertz CT molecular complexity index is 892. The van der Waals surface area contributed by atoms with Crippen LogP contribution in [0.1, 0.15) is 46.5 Å². The molecular weight excluding hydrogens is 444 g/mol. The Hall–Kier alpha value is -1.91. The standard InChI is InChI=1S/C23H34N4O5S/c1-11(7-12(2)28)17-18-13(3)20(19(23(31)32)27(18)22(17)30)33-15-8-16(25-9-15)21(29)26-6-4-5-14(24)10-26/h11,13-18,25H,4-10,24H2,1-3H3,(H,31,32)/t11-,13+,14-,15-,16-,17+,18+/m0/s1. The van der Waals surface area contributed by atoms with Gasteiger partial charge in [0, 0.05) is 48.2 Å². The van der Waals surface area contributed by atoms with Crippen molar-refractivity contribution >= 4 is 35.3 Å². The number of carboxylic acid groups (broad SMARTS) is 1. The Morgan fingerprint density at radius 3 is 2.70 bits per heavy atom. The van der Waals surface area contributed by atoms with Crippen molar-refractivity contribution in [2.75, 3.05) is 19.6 Å². The lowest BCUT2D eigenvalue weighted by atomic mass is 9.73. The average molecular weight is 479 g/mol. The van der Waals surface area contributed by atoms with Crippen LogP contribution in [0.5, 0.6) is 0 Å². The molecule has 3 fully saturated rings. The Balaban J connectivity index is 1.44. The van der Waals surface area contributed by atoms with Crippen molar-refractivity contribution in [3.63, 3.8) is 0 Å². The molecule has 0 aromatic rings. The fourth-order valence-electron chi connectivity index (χ4n) is 5.94. The van der Waals surface area contributed by atoms with Gasteiger partial charge in [0.1, 0.15) is 11.5 Å². The molecular formula is C23H34N4O5S. The Morgan fingerprint density at radius 2 is 2.06 bits per heavy atom. The van der Waals surface area contributed by atoms with Crippen LogP contribution in [0.3, 0.4) is 0 Å². The molecule has 0 saturated carbocycles. The third-order valence-electron chi connectivity index (χ3n) is 7.47. The number of carbonyl (C=O) groups is 4. The summed E-state index contributed by atoms with van der Waals surface area (Å²) in [6.07, 6.45) is 2.78. The summed E-state index contributed by atoms with van der Waals surface area (Å²) in [6.45, 7) is 7.29. The summed E-state index contributed by atoms with van der Waals surface area (Å²) in [5, 5.41) is 13.3. The maximum absolute atomic E-state index is 12.9. The summed E-state index contributed by atoms with van der Waals surface area (Å²) in [5.74, 6) is -1.78. The smallest absolute Gasteiger partial charge is 0.353 e. The van der Waals surface area contributed by atoms with Crippen molar-refractivity contribution < 1.29 is 24.3 Å². The number of hydrogen-bond acceptors (Lipinski definition) is 7. The van der Waals surface area contributed by atoms with Gasteiger partial charge in [-0.3, -0.25) is 9.59 Å². The van der Waals surface area contributed by atoms with Gasteiger partial charge in [-0.15, -0.1) is 11.8 Å². The number of amides is 2. The third-order valence-corrected chi connectivity index (χ3v) is 8.98. The minimum atomic E-state index is -1.10. The quantitative estimate of drug-likeness (QED) is 0.458. The number of thioether (sulfide) groups is 1. The van der Waals surface area contributed by atoms with E-state index in [1.807, 2.05) is 18.7 Å². The van der Waals surface area contributed by atoms with E-state index in [0.29, 0.717) is 30.8 Å². The minimum absolute atomic E-state index is 0.0253. The topological polar surface area (TPSA) is 133 Å². The monoisotopic (exact) mass is 478 g/mol. The van der Waals surface area contributed by atoms with Crippen molar-refractivity contribution in [2.45, 2.75) is 69.8 Å². The highest BCUT2D eigenvalue weighted by Gasteiger charge is 2.60. The van der Waals surface area contributed by atoms with Gasteiger partial charge in [0.2, 0.25) is 11.8 Å². The summed E-state index contributed by atoms with van der Waals surface area (Å²) < 4.78 is 0. The van der Waals surface area contributed by atoms with E-state index in [2.05, 4.69) is 5.32 Å². The maximum Gasteiger partial charge on any atom is 0.353 e. The van der Waals surface area contributed by atoms with E-state index in [0.717, 1.165) is 19.4 Å². The van der Waals surface area contributed by atoms with Gasteiger partial charge < -0.3 is 30.8 Å². The van der Waals surface area contributed by atoms with Crippen LogP contribution in [0.4, 0.5) is 0 Å². The Kier molecular flexibility index (Phi) is 6.89. The summed E-state index contributed by atoms with van der Waals surface area (Å²) >= 11 is 1.48. The molecule has 9 nitrogen and oxygen atoms in total. The summed E-state index contributed by atoms with van der Waals surface area (Å²) in [4.78, 5) is 53.5. The molecule has 0 bridgehead atoms. The first-order valence-electron chi connectivity index (χ1n) is 11.8. The van der Waals surface area contributed by atoms with Gasteiger partial charge in [-0.25, -0.2) is 4.79 Å². The largest absolute Gasteiger partial charge is 0.477 e. The van der Waals surface area contributed by atoms with Gasteiger partial charge in [0.05, 0.1) is 18.0 Å². The predicted octanol–water partition coefficient (Wildman–Crippen LogP) is 0.788. The van der Waals surface area contributed by atoms with E-state index in [4.69, 9.17) is 5.73 Å². The van der Waals surface area contributed by atoms with Crippen LogP contribution in [-0.4, -0.2) is 81.5 Å². The number of β-lactam (4-membered cyclic amide) rings is 1. The van der Waals surface area contributed by atoms with Crippen molar-refractivity contribution in [1.29, 1.82) is 0 Å². The first kappa shape index (κ1) is 24.2. The van der Waals surface area contributed by atoms with Crippen LogP contribution in [-0.2, 0) is 19.2 Å². The number of nitrogens with two attached hydrogens (primary N) is 1. The van der Waals surface area contributed by atoms with Crippen LogP contribution >= 0.6 is 11.8 Å². The maximum atomic E-state index is 12.9. The normalized spacial score (nSPS) is 34.8. The SMILES string of the molecule is CC(=O)C[C@H](C)[C@H]1C(=O)N2C(C(=O)O)=C(S[C@@H]3CN[C@H](C(=O)N4CCC[C@H](N)C4)C3)[C@H](C)[C@H]12. The summed E-state index contributed by atoms with van der Waals surface area (Å²) in [6, 6.07) is -0.486. The van der Waals surface area contributed by atoms with Crippen molar-refractivity contribution in [3.8, 4) is 0 Å². The van der Waals surface area contributed by atoms with Crippen LogP contribution in [0, 0.1) is 17.8 Å². The molecule has 3 saturated heterocycles. The zero-order chi connectivity index (χ0) is 24.0. The number of Topliss-reactive ketones (excluding diaryl/α,β-unsaturated/α-hetero) is 1. The van der Waals surface area contributed by atoms with E-state index in [-0.39, 0.29) is 64.4 Å². The zero-order valence-corrected chi connectivity index (χ0v) is 20.3. The van der Waals surface area contributed by atoms with E-state index in [9.17, 15) is 24.3 Å². The fourth-order valence-corrected chi connectivity index (χ4v) is 7.42. The first-order chi connectivity index (χ1) is 15.6. The Labute approximate surface area is 198 Å². The lowest BCUT2D eigenvalue weighted by molar-refractivity contribution is -0.160. The molecule has 7 atom stereocenters. The van der Waals surface area contributed by atoms with Gasteiger partial charge in [0.25, 0.3) is 0 Å². The lowest BCUT2D eigenvalue weighted by Gasteiger charge is -2.47. The van der Waals surface area contributed by atoms with Gasteiger partial charge in [0.15, 0.2) is 0 Å². The molecule has 0 spiro atoms. The number of nitrogens with one attached hydrogen (secondary N) is 1. The number of hydrogen-bond donors (Lipinski definition) is 3. The van der Waals surface area contributed by atoms with Crippen molar-refractivity contribution in [2.24, 2.45) is 23.5 Å². The highest BCUT2D eigenvalue weighted by Crippen LogP contribution is 2.53. The molecule has 4 aliphatic heterocycles. The number of rotatable bonds is 7. The number of piperidine rings is 1. The second kappa shape index (κ2) is 9.38. The fraction of sp³-hybridized carbons (Fsp3) is 0.739. The summed E-state index contributed by atoms with van der Waals surface area (Å²) in [5.41, 5.74) is 6.10. The van der Waals surface area contributed by atoms with E-state index in [1.165, 1.54) is 23.6 Å². The van der Waals surface area contributed by atoms with Crippen LogP contribution in [0.25, 0.3) is 0 Å². The van der Waals surface area contributed by atoms with Crippen molar-refractivity contribution in [1.82, 2.24) is 15.1 Å². The second-order valence-electron chi connectivity index (χ2n) is 10.0. The molecule has 0 aromatic carbocycles. The van der Waals surface area contributed by atoms with Gasteiger partial charge in [-0.05, 0) is 32.1 Å². The van der Waals surface area contributed by atoms with E-state index < -0.39 is 5.97 Å². The van der Waals surface area contributed by atoms with E-state index >= 15 is 0 Å². The average Bonchev–Trinajstić information content (AvgIpc) is 3.29. The molecule has 10 heteroatoms. The molecule has 4 heterocycles. The predicted molar refractivity (Wildman–Crippen MR) is 124 cm³/mol. The Morgan fingerprint density at radius 1 is 1.33 bits per heavy atom. The second-order valence-corrected chi connectivity index (χ2v) is 11.4. The van der Waals surface area contributed by atoms with Gasteiger partial charge in [-0.1, -0.05) is 13.8 Å². The molecule has 4 N–H and O–H groups in total. The lowest BCUT2D eigenvalue weighted by Crippen LogP contribution is -2.62. The number of ketones is 1. The first-order valence-corrected chi connectivity index (χ1v) is 12.7. The molecule has 33 heavy (non-hydrogen) atoms. The molecule has 0 unspecified atom stereocenters. The molecule has 0 aromatic heterocycles. The number of carbonyl (C=O) groups excluding carboxylic acids is 3. The minimum Gasteiger partial charge on any atom is -0.477 e. The van der Waals surface area contributed by atoms with Crippen LogP contribution in [0.2, 0.25) is 0 Å².